The van der Waals surface area contributed by atoms with Crippen molar-refractivity contribution in [3.8, 4) is 0 Å². The lowest BCUT2D eigenvalue weighted by Gasteiger charge is -2.24. The number of hydrogen-bond donors (Lipinski definition) is 1. The molecule has 6 heteroatoms. The first-order valence-corrected chi connectivity index (χ1v) is 6.95. The molecule has 1 aliphatic rings. The number of aromatic nitrogens is 1. The number of nitrogen functional groups attached to an aromatic ring is 1. The highest BCUT2D eigenvalue weighted by Gasteiger charge is 2.31. The van der Waals surface area contributed by atoms with E-state index in [-0.39, 0.29) is 17.5 Å². The van der Waals surface area contributed by atoms with Crippen LogP contribution in [0.4, 0.5) is 11.5 Å². The molecule has 0 spiro atoms. The zero-order valence-corrected chi connectivity index (χ0v) is 9.94. The average Bonchev–Trinajstić information content (AvgIpc) is 2.58. The Kier molecular flexibility index (Phi) is 2.75. The first-order chi connectivity index (χ1) is 7.48. The molecule has 1 fully saturated rings. The quantitative estimate of drug-likeness (QED) is 0.805. The minimum Gasteiger partial charge on any atom is -0.399 e. The summed E-state index contributed by atoms with van der Waals surface area (Å²) in [5.74, 6) is 1.20. The molecule has 0 saturated carbocycles. The van der Waals surface area contributed by atoms with Gasteiger partial charge in [0.2, 0.25) is 0 Å². The van der Waals surface area contributed by atoms with Crippen LogP contribution in [-0.4, -0.2) is 38.0 Å². The standard InChI is InChI=1S/C10H15N3O2S/c1-13(9-3-5-16(14,15)7-9)10-6-8(11)2-4-12-10/h2,4,6,9H,3,5,7H2,1H3,(H2,11,12). The monoisotopic (exact) mass is 241 g/mol. The molecule has 5 nitrogen and oxygen atoms in total. The summed E-state index contributed by atoms with van der Waals surface area (Å²) in [6.07, 6.45) is 2.29. The van der Waals surface area contributed by atoms with Crippen LogP contribution < -0.4 is 10.6 Å². The molecule has 1 aliphatic heterocycles. The lowest BCUT2D eigenvalue weighted by atomic mass is 10.2. The van der Waals surface area contributed by atoms with Gasteiger partial charge in [0.1, 0.15) is 5.82 Å². The van der Waals surface area contributed by atoms with Gasteiger partial charge < -0.3 is 10.6 Å². The number of anilines is 2. The van der Waals surface area contributed by atoms with Gasteiger partial charge >= 0.3 is 0 Å². The summed E-state index contributed by atoms with van der Waals surface area (Å²) in [6.45, 7) is 0. The lowest BCUT2D eigenvalue weighted by molar-refractivity contribution is 0.600. The third kappa shape index (κ3) is 2.27. The SMILES string of the molecule is CN(c1cc(N)ccn1)C1CCS(=O)(=O)C1. The van der Waals surface area contributed by atoms with Crippen molar-refractivity contribution in [3.63, 3.8) is 0 Å². The maximum atomic E-state index is 11.4. The van der Waals surface area contributed by atoms with Crippen LogP contribution >= 0.6 is 0 Å². The molecule has 2 N–H and O–H groups in total. The van der Waals surface area contributed by atoms with Crippen LogP contribution in [0, 0.1) is 0 Å². The molecule has 1 aromatic heterocycles. The molecule has 0 amide bonds. The number of rotatable bonds is 2. The second kappa shape index (κ2) is 3.93. The fourth-order valence-corrected chi connectivity index (χ4v) is 3.67. The van der Waals surface area contributed by atoms with E-state index in [1.807, 2.05) is 11.9 Å². The van der Waals surface area contributed by atoms with Crippen LogP contribution in [0.25, 0.3) is 0 Å². The topological polar surface area (TPSA) is 76.3 Å². The minimum absolute atomic E-state index is 0.0132. The number of nitrogens with zero attached hydrogens (tertiary/aromatic N) is 2. The molecular weight excluding hydrogens is 226 g/mol. The maximum Gasteiger partial charge on any atom is 0.152 e. The summed E-state index contributed by atoms with van der Waals surface area (Å²) >= 11 is 0. The summed E-state index contributed by atoms with van der Waals surface area (Å²) in [7, 11) is -1.00. The third-order valence-electron chi connectivity index (χ3n) is 2.89. The smallest absolute Gasteiger partial charge is 0.152 e. The first-order valence-electron chi connectivity index (χ1n) is 5.13. The van der Waals surface area contributed by atoms with Crippen LogP contribution in [0.1, 0.15) is 6.42 Å². The summed E-state index contributed by atoms with van der Waals surface area (Å²) in [5.41, 5.74) is 6.30. The molecule has 88 valence electrons. The molecular formula is C10H15N3O2S. The second-order valence-electron chi connectivity index (χ2n) is 4.12. The number of hydrogen-bond acceptors (Lipinski definition) is 5. The van der Waals surface area contributed by atoms with E-state index < -0.39 is 9.84 Å². The van der Waals surface area contributed by atoms with Crippen molar-refractivity contribution in [1.82, 2.24) is 4.98 Å². The minimum atomic E-state index is -2.86. The van der Waals surface area contributed by atoms with Gasteiger partial charge in [-0.25, -0.2) is 13.4 Å². The van der Waals surface area contributed by atoms with Crippen molar-refractivity contribution in [1.29, 1.82) is 0 Å². The Bertz CT molecular complexity index is 487. The van der Waals surface area contributed by atoms with Crippen molar-refractivity contribution < 1.29 is 8.42 Å². The highest BCUT2D eigenvalue weighted by Crippen LogP contribution is 2.22. The number of pyridine rings is 1. The number of nitrogens with two attached hydrogens (primary N) is 1. The van der Waals surface area contributed by atoms with Gasteiger partial charge in [-0.15, -0.1) is 0 Å². The van der Waals surface area contributed by atoms with E-state index in [0.29, 0.717) is 12.1 Å². The van der Waals surface area contributed by atoms with Crippen molar-refractivity contribution in [2.45, 2.75) is 12.5 Å². The van der Waals surface area contributed by atoms with Crippen molar-refractivity contribution in [2.24, 2.45) is 0 Å². The van der Waals surface area contributed by atoms with Crippen LogP contribution in [0.2, 0.25) is 0 Å². The molecule has 1 saturated heterocycles. The number of sulfone groups is 1. The zero-order valence-electron chi connectivity index (χ0n) is 9.13. The molecule has 0 aliphatic carbocycles. The van der Waals surface area contributed by atoms with Gasteiger partial charge in [0, 0.05) is 31.0 Å². The van der Waals surface area contributed by atoms with Crippen LogP contribution in [0.15, 0.2) is 18.3 Å². The summed E-state index contributed by atoms with van der Waals surface area (Å²) in [5, 5.41) is 0. The first kappa shape index (κ1) is 11.2. The Labute approximate surface area is 95.2 Å². The predicted octanol–water partition coefficient (Wildman–Crippen LogP) is 0.287. The average molecular weight is 241 g/mol. The molecule has 2 rings (SSSR count). The third-order valence-corrected chi connectivity index (χ3v) is 4.64. The van der Waals surface area contributed by atoms with E-state index in [1.54, 1.807) is 18.3 Å². The molecule has 1 aromatic rings. The van der Waals surface area contributed by atoms with E-state index >= 15 is 0 Å². The Morgan fingerprint density at radius 2 is 2.31 bits per heavy atom. The Morgan fingerprint density at radius 3 is 2.88 bits per heavy atom. The fourth-order valence-electron chi connectivity index (χ4n) is 1.89. The van der Waals surface area contributed by atoms with Gasteiger partial charge in [-0.3, -0.25) is 0 Å². The summed E-state index contributed by atoms with van der Waals surface area (Å²) in [6, 6.07) is 3.48. The van der Waals surface area contributed by atoms with Gasteiger partial charge in [0.15, 0.2) is 9.84 Å². The van der Waals surface area contributed by atoms with Gasteiger partial charge in [-0.1, -0.05) is 0 Å². The Hall–Kier alpha value is -1.30. The zero-order chi connectivity index (χ0) is 11.8. The van der Waals surface area contributed by atoms with Gasteiger partial charge in [-0.05, 0) is 12.5 Å². The Balaban J connectivity index is 2.17. The summed E-state index contributed by atoms with van der Waals surface area (Å²) in [4.78, 5) is 6.07. The summed E-state index contributed by atoms with van der Waals surface area (Å²) < 4.78 is 22.7. The largest absolute Gasteiger partial charge is 0.399 e. The van der Waals surface area contributed by atoms with Crippen LogP contribution in [0.5, 0.6) is 0 Å². The lowest BCUT2D eigenvalue weighted by Crippen LogP contribution is -2.33. The molecule has 0 aromatic carbocycles. The molecule has 2 heterocycles. The van der Waals surface area contributed by atoms with Gasteiger partial charge in [-0.2, -0.15) is 0 Å². The van der Waals surface area contributed by atoms with E-state index in [4.69, 9.17) is 5.73 Å². The highest BCUT2D eigenvalue weighted by atomic mass is 32.2. The van der Waals surface area contributed by atoms with Crippen molar-refractivity contribution >= 4 is 21.3 Å². The molecule has 0 radical (unpaired) electrons. The normalized spacial score (nSPS) is 23.2. The van der Waals surface area contributed by atoms with E-state index in [0.717, 1.165) is 5.82 Å². The molecule has 16 heavy (non-hydrogen) atoms. The molecule has 0 bridgehead atoms. The van der Waals surface area contributed by atoms with Crippen LogP contribution in [-0.2, 0) is 9.84 Å². The maximum absolute atomic E-state index is 11.4. The predicted molar refractivity (Wildman–Crippen MR) is 64.1 cm³/mol. The van der Waals surface area contributed by atoms with Crippen LogP contribution in [0.3, 0.4) is 0 Å². The van der Waals surface area contributed by atoms with Gasteiger partial charge in [0.05, 0.1) is 11.5 Å². The van der Waals surface area contributed by atoms with E-state index in [2.05, 4.69) is 4.98 Å². The van der Waals surface area contributed by atoms with Crippen molar-refractivity contribution in [3.05, 3.63) is 18.3 Å². The second-order valence-corrected chi connectivity index (χ2v) is 6.34. The Morgan fingerprint density at radius 1 is 1.56 bits per heavy atom. The molecule has 1 atom stereocenters. The fraction of sp³-hybridized carbons (Fsp3) is 0.500. The van der Waals surface area contributed by atoms with E-state index in [9.17, 15) is 8.42 Å². The molecule has 1 unspecified atom stereocenters. The van der Waals surface area contributed by atoms with E-state index in [1.165, 1.54) is 0 Å². The van der Waals surface area contributed by atoms with Gasteiger partial charge in [0.25, 0.3) is 0 Å². The highest BCUT2D eigenvalue weighted by molar-refractivity contribution is 7.91. The van der Waals surface area contributed by atoms with Crippen molar-refractivity contribution in [2.75, 3.05) is 29.2 Å².